The molecule has 0 aromatic heterocycles. The second-order valence-corrected chi connectivity index (χ2v) is 8.32. The van der Waals surface area contributed by atoms with E-state index in [1.54, 1.807) is 13.8 Å². The second kappa shape index (κ2) is 10.1. The van der Waals surface area contributed by atoms with E-state index in [0.717, 1.165) is 50.0 Å². The van der Waals surface area contributed by atoms with Crippen LogP contribution < -0.4 is 0 Å². The highest BCUT2D eigenvalue weighted by atomic mass is 32.2. The molecule has 0 fully saturated rings. The fourth-order valence-electron chi connectivity index (χ4n) is 2.13. The quantitative estimate of drug-likeness (QED) is 0.425. The number of carbonyl (C=O) groups is 2. The predicted octanol–water partition coefficient (Wildman–Crippen LogP) is 4.37. The van der Waals surface area contributed by atoms with Crippen molar-refractivity contribution in [3.63, 3.8) is 0 Å². The fraction of sp³-hybridized carbons (Fsp3) is 0.882. The zero-order valence-electron chi connectivity index (χ0n) is 14.7. The van der Waals surface area contributed by atoms with Gasteiger partial charge in [-0.2, -0.15) is 11.8 Å². The smallest absolute Gasteiger partial charge is 0.311 e. The Kier molecular flexibility index (Phi) is 9.81. The lowest BCUT2D eigenvalue weighted by atomic mass is 9.87. The third-order valence-electron chi connectivity index (χ3n) is 4.00. The van der Waals surface area contributed by atoms with Crippen LogP contribution in [0.4, 0.5) is 0 Å². The Hall–Kier alpha value is -0.710. The SMILES string of the molecule is COC(=O)C(C)(C)CCCCSCCCCC(C)(C)C(=O)O. The first-order valence-corrected chi connectivity index (χ1v) is 9.18. The van der Waals surface area contributed by atoms with Crippen molar-refractivity contribution in [1.82, 2.24) is 0 Å². The summed E-state index contributed by atoms with van der Waals surface area (Å²) in [5.74, 6) is 1.32. The van der Waals surface area contributed by atoms with Crippen LogP contribution in [0.2, 0.25) is 0 Å². The molecule has 0 saturated heterocycles. The maximum atomic E-state index is 11.5. The minimum atomic E-state index is -0.714. The first kappa shape index (κ1) is 21.3. The number of thioether (sulfide) groups is 1. The summed E-state index contributed by atoms with van der Waals surface area (Å²) in [6.45, 7) is 7.42. The van der Waals surface area contributed by atoms with E-state index < -0.39 is 11.4 Å². The van der Waals surface area contributed by atoms with E-state index in [-0.39, 0.29) is 11.4 Å². The van der Waals surface area contributed by atoms with Crippen molar-refractivity contribution in [2.45, 2.75) is 66.2 Å². The van der Waals surface area contributed by atoms with Crippen molar-refractivity contribution in [1.29, 1.82) is 0 Å². The van der Waals surface area contributed by atoms with Gasteiger partial charge in [-0.05, 0) is 64.9 Å². The minimum absolute atomic E-state index is 0.138. The zero-order valence-corrected chi connectivity index (χ0v) is 15.6. The van der Waals surface area contributed by atoms with Gasteiger partial charge in [0, 0.05) is 0 Å². The Bertz CT molecular complexity index is 351. The van der Waals surface area contributed by atoms with E-state index in [0.29, 0.717) is 0 Å². The van der Waals surface area contributed by atoms with E-state index in [1.807, 2.05) is 25.6 Å². The summed E-state index contributed by atoms with van der Waals surface area (Å²) in [4.78, 5) is 22.5. The summed E-state index contributed by atoms with van der Waals surface area (Å²) in [6, 6.07) is 0. The van der Waals surface area contributed by atoms with Gasteiger partial charge in [0.15, 0.2) is 0 Å². The number of carboxylic acids is 1. The largest absolute Gasteiger partial charge is 0.481 e. The van der Waals surface area contributed by atoms with E-state index in [9.17, 15) is 9.59 Å². The van der Waals surface area contributed by atoms with Crippen molar-refractivity contribution < 1.29 is 19.4 Å². The van der Waals surface area contributed by atoms with Crippen LogP contribution in [0.3, 0.4) is 0 Å². The molecule has 4 nitrogen and oxygen atoms in total. The summed E-state index contributed by atoms with van der Waals surface area (Å²) in [7, 11) is 1.44. The maximum Gasteiger partial charge on any atom is 0.311 e. The number of hydrogen-bond donors (Lipinski definition) is 1. The molecule has 0 aromatic carbocycles. The van der Waals surface area contributed by atoms with Gasteiger partial charge in [-0.3, -0.25) is 9.59 Å². The van der Waals surface area contributed by atoms with Crippen LogP contribution in [0.5, 0.6) is 0 Å². The number of carbonyl (C=O) groups excluding carboxylic acids is 1. The topological polar surface area (TPSA) is 63.6 Å². The van der Waals surface area contributed by atoms with Gasteiger partial charge in [0.05, 0.1) is 17.9 Å². The van der Waals surface area contributed by atoms with Crippen LogP contribution in [0, 0.1) is 10.8 Å². The standard InChI is InChI=1S/C17H32O4S/c1-16(2,14(18)19)10-6-8-12-22-13-9-7-11-17(3,4)15(20)21-5/h6-13H2,1-5H3,(H,18,19). The molecular weight excluding hydrogens is 300 g/mol. The monoisotopic (exact) mass is 332 g/mol. The first-order chi connectivity index (χ1) is 10.1. The summed E-state index contributed by atoms with van der Waals surface area (Å²) in [5.41, 5.74) is -0.994. The number of hydrogen-bond acceptors (Lipinski definition) is 4. The lowest BCUT2D eigenvalue weighted by Crippen LogP contribution is -2.25. The number of carboxylic acid groups (broad SMARTS) is 1. The van der Waals surface area contributed by atoms with Crippen molar-refractivity contribution >= 4 is 23.7 Å². The second-order valence-electron chi connectivity index (χ2n) is 7.09. The molecule has 0 atom stereocenters. The van der Waals surface area contributed by atoms with Crippen molar-refractivity contribution in [2.75, 3.05) is 18.6 Å². The number of aliphatic carboxylic acids is 1. The van der Waals surface area contributed by atoms with Gasteiger partial charge in [0.25, 0.3) is 0 Å². The molecule has 0 unspecified atom stereocenters. The van der Waals surface area contributed by atoms with Crippen molar-refractivity contribution in [3.8, 4) is 0 Å². The molecule has 0 rings (SSSR count). The third-order valence-corrected chi connectivity index (χ3v) is 5.15. The third kappa shape index (κ3) is 8.66. The Morgan fingerprint density at radius 1 is 0.909 bits per heavy atom. The minimum Gasteiger partial charge on any atom is -0.481 e. The predicted molar refractivity (Wildman–Crippen MR) is 92.2 cm³/mol. The van der Waals surface area contributed by atoms with Gasteiger partial charge in [-0.25, -0.2) is 0 Å². The molecule has 22 heavy (non-hydrogen) atoms. The Balaban J connectivity index is 3.56. The average Bonchev–Trinajstić information content (AvgIpc) is 2.44. The van der Waals surface area contributed by atoms with Gasteiger partial charge < -0.3 is 9.84 Å². The molecule has 0 radical (unpaired) electrons. The summed E-state index contributed by atoms with van der Waals surface area (Å²) in [6.07, 6.45) is 5.74. The van der Waals surface area contributed by atoms with Crippen LogP contribution in [0.1, 0.15) is 66.2 Å². The highest BCUT2D eigenvalue weighted by Gasteiger charge is 2.27. The van der Waals surface area contributed by atoms with Gasteiger partial charge in [0.2, 0.25) is 0 Å². The normalized spacial score (nSPS) is 12.2. The molecule has 0 spiro atoms. The molecule has 0 aromatic rings. The summed E-state index contributed by atoms with van der Waals surface area (Å²) >= 11 is 1.91. The molecule has 0 aliphatic heterocycles. The number of ether oxygens (including phenoxy) is 1. The van der Waals surface area contributed by atoms with Gasteiger partial charge in [0.1, 0.15) is 0 Å². The molecule has 0 amide bonds. The molecule has 0 bridgehead atoms. The summed E-state index contributed by atoms with van der Waals surface area (Å²) < 4.78 is 4.80. The fourth-order valence-corrected chi connectivity index (χ4v) is 3.15. The molecule has 5 heteroatoms. The molecule has 0 heterocycles. The first-order valence-electron chi connectivity index (χ1n) is 8.03. The van der Waals surface area contributed by atoms with E-state index >= 15 is 0 Å². The maximum absolute atomic E-state index is 11.5. The highest BCUT2D eigenvalue weighted by molar-refractivity contribution is 7.99. The van der Waals surface area contributed by atoms with E-state index in [2.05, 4.69) is 0 Å². The van der Waals surface area contributed by atoms with Crippen LogP contribution in [-0.4, -0.2) is 35.7 Å². The van der Waals surface area contributed by atoms with Crippen LogP contribution in [-0.2, 0) is 14.3 Å². The Morgan fingerprint density at radius 3 is 1.77 bits per heavy atom. The average molecular weight is 333 g/mol. The Morgan fingerprint density at radius 2 is 1.36 bits per heavy atom. The zero-order chi connectivity index (χ0) is 17.2. The van der Waals surface area contributed by atoms with Gasteiger partial charge in [-0.15, -0.1) is 0 Å². The number of unbranched alkanes of at least 4 members (excludes halogenated alkanes) is 2. The van der Waals surface area contributed by atoms with Crippen LogP contribution >= 0.6 is 11.8 Å². The van der Waals surface area contributed by atoms with E-state index in [1.165, 1.54) is 7.11 Å². The summed E-state index contributed by atoms with van der Waals surface area (Å²) in [5, 5.41) is 9.03. The molecular formula is C17H32O4S. The number of rotatable bonds is 12. The lowest BCUT2D eigenvalue weighted by molar-refractivity contribution is -0.151. The molecule has 0 aliphatic rings. The van der Waals surface area contributed by atoms with Crippen LogP contribution in [0.25, 0.3) is 0 Å². The van der Waals surface area contributed by atoms with Crippen LogP contribution in [0.15, 0.2) is 0 Å². The molecule has 130 valence electrons. The van der Waals surface area contributed by atoms with Crippen molar-refractivity contribution in [3.05, 3.63) is 0 Å². The molecule has 0 saturated carbocycles. The number of esters is 1. The van der Waals surface area contributed by atoms with Gasteiger partial charge >= 0.3 is 11.9 Å². The number of methoxy groups -OCH3 is 1. The van der Waals surface area contributed by atoms with E-state index in [4.69, 9.17) is 9.84 Å². The molecule has 0 aliphatic carbocycles. The Labute approximate surface area is 139 Å². The highest BCUT2D eigenvalue weighted by Crippen LogP contribution is 2.26. The van der Waals surface area contributed by atoms with Gasteiger partial charge in [-0.1, -0.05) is 12.8 Å². The lowest BCUT2D eigenvalue weighted by Gasteiger charge is -2.21. The molecule has 1 N–H and O–H groups in total. The van der Waals surface area contributed by atoms with Crippen molar-refractivity contribution in [2.24, 2.45) is 10.8 Å².